The third kappa shape index (κ3) is 5.53. The van der Waals surface area contributed by atoms with Gasteiger partial charge in [-0.1, -0.05) is 42.5 Å². The maximum absolute atomic E-state index is 12.1. The summed E-state index contributed by atoms with van der Waals surface area (Å²) in [5, 5.41) is 5.93. The minimum Gasteiger partial charge on any atom is -0.487 e. The normalized spacial score (nSPS) is 10.9. The van der Waals surface area contributed by atoms with Crippen LogP contribution in [0, 0.1) is 13.8 Å². The van der Waals surface area contributed by atoms with Gasteiger partial charge in [0, 0.05) is 23.6 Å². The molecule has 0 aliphatic rings. The highest BCUT2D eigenvalue weighted by Crippen LogP contribution is 2.21. The fourth-order valence-electron chi connectivity index (χ4n) is 2.59. The van der Waals surface area contributed by atoms with Crippen LogP contribution in [-0.2, 0) is 17.9 Å². The number of hydrogen-bond donors (Lipinski definition) is 1. The average molecular weight is 378 g/mol. The molecule has 4 nitrogen and oxygen atoms in total. The summed E-state index contributed by atoms with van der Waals surface area (Å²) in [6.07, 6.45) is 3.31. The Hall–Kier alpha value is -2.92. The van der Waals surface area contributed by atoms with E-state index in [1.807, 2.05) is 67.8 Å². The van der Waals surface area contributed by atoms with Gasteiger partial charge in [-0.3, -0.25) is 4.79 Å². The fraction of sp³-hybridized carbons (Fsp3) is 0.182. The predicted octanol–water partition coefficient (Wildman–Crippen LogP) is 4.67. The maximum atomic E-state index is 12.1. The Labute approximate surface area is 163 Å². The lowest BCUT2D eigenvalue weighted by molar-refractivity contribution is -0.116. The first-order valence-electron chi connectivity index (χ1n) is 8.75. The van der Waals surface area contributed by atoms with Crippen LogP contribution in [-0.4, -0.2) is 10.9 Å². The van der Waals surface area contributed by atoms with Gasteiger partial charge in [0.15, 0.2) is 0 Å². The SMILES string of the molecule is Cc1nc(COc2ccccc2/C=C/C(=O)NCc2ccccc2C)cs1. The number of aryl methyl sites for hydroxylation is 2. The number of nitrogens with zero attached hydrogens (tertiary/aromatic N) is 1. The predicted molar refractivity (Wildman–Crippen MR) is 110 cm³/mol. The number of ether oxygens (including phenoxy) is 1. The number of carbonyl (C=O) groups excluding carboxylic acids is 1. The fourth-order valence-corrected chi connectivity index (χ4v) is 3.19. The van der Waals surface area contributed by atoms with E-state index in [4.69, 9.17) is 4.74 Å². The molecule has 1 aromatic heterocycles. The monoisotopic (exact) mass is 378 g/mol. The van der Waals surface area contributed by atoms with Crippen molar-refractivity contribution in [3.05, 3.63) is 87.4 Å². The molecule has 0 bridgehead atoms. The molecule has 0 unspecified atom stereocenters. The van der Waals surface area contributed by atoms with Crippen molar-refractivity contribution in [3.63, 3.8) is 0 Å². The van der Waals surface area contributed by atoms with E-state index in [0.29, 0.717) is 13.2 Å². The standard InChI is InChI=1S/C22H22N2O2S/c1-16-7-3-4-9-19(16)13-23-22(25)12-11-18-8-5-6-10-21(18)26-14-20-15-27-17(2)24-20/h3-12,15H,13-14H2,1-2H3,(H,23,25)/b12-11+. The number of aromatic nitrogens is 1. The topological polar surface area (TPSA) is 51.2 Å². The van der Waals surface area contributed by atoms with E-state index in [1.54, 1.807) is 17.4 Å². The number of benzene rings is 2. The Balaban J connectivity index is 1.59. The van der Waals surface area contributed by atoms with Crippen LogP contribution in [0.2, 0.25) is 0 Å². The lowest BCUT2D eigenvalue weighted by Crippen LogP contribution is -2.20. The van der Waals surface area contributed by atoms with E-state index in [-0.39, 0.29) is 5.91 Å². The van der Waals surface area contributed by atoms with Crippen molar-refractivity contribution < 1.29 is 9.53 Å². The van der Waals surface area contributed by atoms with Crippen LogP contribution in [0.25, 0.3) is 6.08 Å². The molecule has 0 spiro atoms. The lowest BCUT2D eigenvalue weighted by Gasteiger charge is -2.08. The maximum Gasteiger partial charge on any atom is 0.244 e. The van der Waals surface area contributed by atoms with E-state index in [2.05, 4.69) is 10.3 Å². The number of thiazole rings is 1. The van der Waals surface area contributed by atoms with Crippen LogP contribution in [0.15, 0.2) is 60.0 Å². The molecule has 3 rings (SSSR count). The molecule has 0 aliphatic carbocycles. The van der Waals surface area contributed by atoms with Crippen LogP contribution < -0.4 is 10.1 Å². The minimum absolute atomic E-state index is 0.136. The van der Waals surface area contributed by atoms with Crippen LogP contribution in [0.4, 0.5) is 0 Å². The lowest BCUT2D eigenvalue weighted by atomic mass is 10.1. The van der Waals surface area contributed by atoms with Crippen molar-refractivity contribution in [2.45, 2.75) is 27.0 Å². The van der Waals surface area contributed by atoms with Gasteiger partial charge in [0.2, 0.25) is 5.91 Å². The zero-order valence-electron chi connectivity index (χ0n) is 15.4. The number of carbonyl (C=O) groups is 1. The molecule has 0 radical (unpaired) electrons. The van der Waals surface area contributed by atoms with Gasteiger partial charge in [0.25, 0.3) is 0 Å². The van der Waals surface area contributed by atoms with E-state index >= 15 is 0 Å². The Morgan fingerprint density at radius 3 is 2.70 bits per heavy atom. The van der Waals surface area contributed by atoms with Crippen molar-refractivity contribution in [2.24, 2.45) is 0 Å². The highest BCUT2D eigenvalue weighted by atomic mass is 32.1. The summed E-state index contributed by atoms with van der Waals surface area (Å²) in [5.41, 5.74) is 4.04. The van der Waals surface area contributed by atoms with Gasteiger partial charge in [-0.05, 0) is 37.1 Å². The van der Waals surface area contributed by atoms with Crippen molar-refractivity contribution in [1.82, 2.24) is 10.3 Å². The molecule has 5 heteroatoms. The molecule has 0 saturated heterocycles. The highest BCUT2D eigenvalue weighted by molar-refractivity contribution is 7.09. The molecule has 0 aliphatic heterocycles. The van der Waals surface area contributed by atoms with Crippen molar-refractivity contribution in [3.8, 4) is 5.75 Å². The Kier molecular flexibility index (Phi) is 6.39. The van der Waals surface area contributed by atoms with E-state index in [0.717, 1.165) is 33.1 Å². The zero-order valence-corrected chi connectivity index (χ0v) is 16.3. The van der Waals surface area contributed by atoms with Crippen LogP contribution in [0.3, 0.4) is 0 Å². The Morgan fingerprint density at radius 1 is 1.15 bits per heavy atom. The second-order valence-electron chi connectivity index (χ2n) is 6.16. The summed E-state index contributed by atoms with van der Waals surface area (Å²) < 4.78 is 5.88. The third-order valence-electron chi connectivity index (χ3n) is 4.09. The zero-order chi connectivity index (χ0) is 19.1. The summed E-state index contributed by atoms with van der Waals surface area (Å²) in [6, 6.07) is 15.7. The Morgan fingerprint density at radius 2 is 1.93 bits per heavy atom. The third-order valence-corrected chi connectivity index (χ3v) is 4.91. The molecule has 1 N–H and O–H groups in total. The second kappa shape index (κ2) is 9.14. The first-order chi connectivity index (χ1) is 13.1. The molecular formula is C22H22N2O2S. The molecule has 0 fully saturated rings. The number of para-hydroxylation sites is 1. The smallest absolute Gasteiger partial charge is 0.244 e. The number of rotatable bonds is 7. The molecule has 1 heterocycles. The summed E-state index contributed by atoms with van der Waals surface area (Å²) >= 11 is 1.60. The molecule has 2 aromatic carbocycles. The summed E-state index contributed by atoms with van der Waals surface area (Å²) in [4.78, 5) is 16.5. The summed E-state index contributed by atoms with van der Waals surface area (Å²) in [7, 11) is 0. The first-order valence-corrected chi connectivity index (χ1v) is 9.63. The van der Waals surface area contributed by atoms with Crippen molar-refractivity contribution in [2.75, 3.05) is 0 Å². The van der Waals surface area contributed by atoms with Crippen molar-refractivity contribution >= 4 is 23.3 Å². The van der Waals surface area contributed by atoms with Gasteiger partial charge in [-0.25, -0.2) is 4.98 Å². The van der Waals surface area contributed by atoms with Crippen LogP contribution >= 0.6 is 11.3 Å². The average Bonchev–Trinajstić information content (AvgIpc) is 3.10. The van der Waals surface area contributed by atoms with Gasteiger partial charge in [-0.15, -0.1) is 11.3 Å². The van der Waals surface area contributed by atoms with Crippen LogP contribution in [0.5, 0.6) is 5.75 Å². The number of nitrogens with one attached hydrogen (secondary N) is 1. The first kappa shape index (κ1) is 18.9. The molecule has 0 atom stereocenters. The quantitative estimate of drug-likeness (QED) is 0.608. The van der Waals surface area contributed by atoms with Gasteiger partial charge in [0.05, 0.1) is 10.7 Å². The largest absolute Gasteiger partial charge is 0.487 e. The Bertz CT molecular complexity index is 947. The van der Waals surface area contributed by atoms with E-state index in [1.165, 1.54) is 6.08 Å². The molecule has 1 amide bonds. The molecular weight excluding hydrogens is 356 g/mol. The summed E-state index contributed by atoms with van der Waals surface area (Å²) in [6.45, 7) is 4.93. The number of amides is 1. The second-order valence-corrected chi connectivity index (χ2v) is 7.22. The minimum atomic E-state index is -0.136. The molecule has 3 aromatic rings. The van der Waals surface area contributed by atoms with Crippen LogP contribution in [0.1, 0.15) is 27.4 Å². The van der Waals surface area contributed by atoms with Gasteiger partial charge in [0.1, 0.15) is 12.4 Å². The molecule has 0 saturated carbocycles. The van der Waals surface area contributed by atoms with Gasteiger partial charge >= 0.3 is 0 Å². The number of hydrogen-bond acceptors (Lipinski definition) is 4. The van der Waals surface area contributed by atoms with E-state index < -0.39 is 0 Å². The molecule has 27 heavy (non-hydrogen) atoms. The van der Waals surface area contributed by atoms with Crippen molar-refractivity contribution in [1.29, 1.82) is 0 Å². The van der Waals surface area contributed by atoms with E-state index in [9.17, 15) is 4.79 Å². The summed E-state index contributed by atoms with van der Waals surface area (Å²) in [5.74, 6) is 0.592. The highest BCUT2D eigenvalue weighted by Gasteiger charge is 2.04. The van der Waals surface area contributed by atoms with Gasteiger partial charge in [-0.2, -0.15) is 0 Å². The van der Waals surface area contributed by atoms with Gasteiger partial charge < -0.3 is 10.1 Å². The molecule has 138 valence electrons.